The minimum atomic E-state index is -3.19. The van der Waals surface area contributed by atoms with Crippen LogP contribution in [0, 0.1) is 0 Å². The van der Waals surface area contributed by atoms with Gasteiger partial charge in [-0.15, -0.1) is 0 Å². The summed E-state index contributed by atoms with van der Waals surface area (Å²) in [6, 6.07) is 13.0. The molecule has 2 aromatic rings. The molecule has 0 heterocycles. The number of hydrogen-bond donors (Lipinski definition) is 2. The fraction of sp³-hybridized carbons (Fsp3) is 0.333. The maximum Gasteiger partial charge on any atom is 0.178 e. The van der Waals surface area contributed by atoms with E-state index >= 15 is 0 Å². The summed E-state index contributed by atoms with van der Waals surface area (Å²) >= 11 is 0. The number of aryl methyl sites for hydroxylation is 1. The van der Waals surface area contributed by atoms with Crippen LogP contribution in [0.5, 0.6) is 11.5 Å². The van der Waals surface area contributed by atoms with Crippen LogP contribution in [-0.2, 0) is 16.3 Å². The van der Waals surface area contributed by atoms with Crippen LogP contribution in [0.4, 0.5) is 0 Å². The molecule has 2 aromatic carbocycles. The van der Waals surface area contributed by atoms with Crippen LogP contribution in [0.25, 0.3) is 0 Å². The zero-order valence-electron chi connectivity index (χ0n) is 13.0. The third-order valence-electron chi connectivity index (χ3n) is 3.77. The maximum absolute atomic E-state index is 12.1. The average molecular weight is 334 g/mol. The molecule has 0 amide bonds. The summed E-state index contributed by atoms with van der Waals surface area (Å²) in [7, 11) is -3.19. The molecule has 0 spiro atoms. The topological polar surface area (TPSA) is 74.6 Å². The van der Waals surface area contributed by atoms with E-state index in [9.17, 15) is 18.6 Å². The molecule has 0 aromatic heterocycles. The van der Waals surface area contributed by atoms with Gasteiger partial charge >= 0.3 is 0 Å². The quantitative estimate of drug-likeness (QED) is 0.570. The Morgan fingerprint density at radius 3 is 2.26 bits per heavy atom. The first-order valence-corrected chi connectivity index (χ1v) is 9.43. The second-order valence-corrected chi connectivity index (χ2v) is 7.72. The molecule has 0 bridgehead atoms. The zero-order chi connectivity index (χ0) is 16.7. The minimum absolute atomic E-state index is 0.145. The van der Waals surface area contributed by atoms with Gasteiger partial charge in [0.05, 0.1) is 10.6 Å². The van der Waals surface area contributed by atoms with Gasteiger partial charge in [-0.05, 0) is 55.2 Å². The van der Waals surface area contributed by atoms with Gasteiger partial charge < -0.3 is 10.2 Å². The molecule has 0 fully saturated rings. The Bertz CT molecular complexity index is 724. The summed E-state index contributed by atoms with van der Waals surface area (Å²) in [5.74, 6) is 0.496. The molecular formula is C18H22O4S. The molecular weight excluding hydrogens is 312 g/mol. The molecule has 2 rings (SSSR count). The minimum Gasteiger partial charge on any atom is -0.508 e. The van der Waals surface area contributed by atoms with E-state index in [0.29, 0.717) is 17.7 Å². The van der Waals surface area contributed by atoms with E-state index in [-0.39, 0.29) is 17.3 Å². The number of unbranched alkanes of at least 4 members (excludes halogenated alkanes) is 3. The fourth-order valence-corrected chi connectivity index (χ4v) is 3.87. The van der Waals surface area contributed by atoms with Crippen LogP contribution in [0.1, 0.15) is 31.2 Å². The van der Waals surface area contributed by atoms with Gasteiger partial charge in [-0.1, -0.05) is 31.0 Å². The number of benzene rings is 2. The lowest BCUT2D eigenvalue weighted by molar-refractivity contribution is 0.452. The Balaban J connectivity index is 1.71. The van der Waals surface area contributed by atoms with Crippen molar-refractivity contribution < 1.29 is 18.6 Å². The van der Waals surface area contributed by atoms with Gasteiger partial charge in [-0.2, -0.15) is 0 Å². The van der Waals surface area contributed by atoms with E-state index in [1.165, 1.54) is 12.1 Å². The van der Waals surface area contributed by atoms with Crippen LogP contribution in [0.2, 0.25) is 0 Å². The van der Waals surface area contributed by atoms with Crippen molar-refractivity contribution in [3.8, 4) is 11.5 Å². The second kappa shape index (κ2) is 8.02. The molecule has 5 heteroatoms. The molecule has 0 atom stereocenters. The largest absolute Gasteiger partial charge is 0.508 e. The van der Waals surface area contributed by atoms with Crippen LogP contribution in [0.3, 0.4) is 0 Å². The van der Waals surface area contributed by atoms with Crippen molar-refractivity contribution in [1.82, 2.24) is 0 Å². The monoisotopic (exact) mass is 334 g/mol. The standard InChI is InChI=1S/C18H22O4S/c19-16-11-12-18(20)15(14-16)8-4-1-2-7-13-23(21,22)17-9-5-3-6-10-17/h3,5-6,9-12,14,19-20H,1-2,4,7-8,13H2. The molecule has 23 heavy (non-hydrogen) atoms. The first-order valence-electron chi connectivity index (χ1n) is 7.78. The van der Waals surface area contributed by atoms with Crippen LogP contribution < -0.4 is 0 Å². The molecule has 0 radical (unpaired) electrons. The molecule has 0 aliphatic heterocycles. The van der Waals surface area contributed by atoms with E-state index in [0.717, 1.165) is 24.8 Å². The van der Waals surface area contributed by atoms with Gasteiger partial charge in [0.25, 0.3) is 0 Å². The van der Waals surface area contributed by atoms with Crippen molar-refractivity contribution in [2.24, 2.45) is 0 Å². The lowest BCUT2D eigenvalue weighted by atomic mass is 10.1. The van der Waals surface area contributed by atoms with Gasteiger partial charge in [0.2, 0.25) is 0 Å². The Labute approximate surface area is 137 Å². The molecule has 124 valence electrons. The average Bonchev–Trinajstić information content (AvgIpc) is 2.54. The number of aromatic hydroxyl groups is 2. The van der Waals surface area contributed by atoms with E-state index < -0.39 is 9.84 Å². The smallest absolute Gasteiger partial charge is 0.178 e. The molecule has 0 saturated carbocycles. The van der Waals surface area contributed by atoms with Crippen molar-refractivity contribution in [2.75, 3.05) is 5.75 Å². The van der Waals surface area contributed by atoms with E-state index in [1.807, 2.05) is 0 Å². The third kappa shape index (κ3) is 5.28. The van der Waals surface area contributed by atoms with Crippen LogP contribution in [0.15, 0.2) is 53.4 Å². The molecule has 4 nitrogen and oxygen atoms in total. The molecule has 0 aliphatic carbocycles. The maximum atomic E-state index is 12.1. The second-order valence-electron chi connectivity index (χ2n) is 5.61. The van der Waals surface area contributed by atoms with Crippen LogP contribution >= 0.6 is 0 Å². The molecule has 0 unspecified atom stereocenters. The van der Waals surface area contributed by atoms with Crippen molar-refractivity contribution >= 4 is 9.84 Å². The predicted molar refractivity (Wildman–Crippen MR) is 90.4 cm³/mol. The van der Waals surface area contributed by atoms with Gasteiger partial charge in [0.15, 0.2) is 9.84 Å². The number of sulfone groups is 1. The lowest BCUT2D eigenvalue weighted by Crippen LogP contribution is -2.06. The Morgan fingerprint density at radius 2 is 1.52 bits per heavy atom. The van der Waals surface area contributed by atoms with Gasteiger partial charge in [-0.25, -0.2) is 8.42 Å². The Morgan fingerprint density at radius 1 is 0.826 bits per heavy atom. The summed E-state index contributed by atoms with van der Waals surface area (Å²) in [6.45, 7) is 0. The fourth-order valence-electron chi connectivity index (χ4n) is 2.48. The summed E-state index contributed by atoms with van der Waals surface area (Å²) in [6.07, 6.45) is 3.86. The Kier molecular flexibility index (Phi) is 6.04. The van der Waals surface area contributed by atoms with Crippen molar-refractivity contribution in [3.05, 3.63) is 54.1 Å². The highest BCUT2D eigenvalue weighted by molar-refractivity contribution is 7.91. The highest BCUT2D eigenvalue weighted by atomic mass is 32.2. The zero-order valence-corrected chi connectivity index (χ0v) is 13.8. The molecule has 0 aliphatic rings. The van der Waals surface area contributed by atoms with Crippen molar-refractivity contribution in [1.29, 1.82) is 0 Å². The number of rotatable bonds is 8. The molecule has 2 N–H and O–H groups in total. The number of phenols is 2. The van der Waals surface area contributed by atoms with Crippen molar-refractivity contribution in [2.45, 2.75) is 37.0 Å². The summed E-state index contributed by atoms with van der Waals surface area (Å²) in [4.78, 5) is 0.379. The highest BCUT2D eigenvalue weighted by Gasteiger charge is 2.12. The normalized spacial score (nSPS) is 11.5. The first-order chi connectivity index (χ1) is 11.0. The van der Waals surface area contributed by atoms with Gasteiger partial charge in [0, 0.05) is 0 Å². The summed E-state index contributed by atoms with van der Waals surface area (Å²) < 4.78 is 24.2. The van der Waals surface area contributed by atoms with Crippen LogP contribution in [-0.4, -0.2) is 24.4 Å². The van der Waals surface area contributed by atoms with E-state index in [4.69, 9.17) is 0 Å². The van der Waals surface area contributed by atoms with Crippen molar-refractivity contribution in [3.63, 3.8) is 0 Å². The summed E-state index contributed by atoms with van der Waals surface area (Å²) in [5, 5.41) is 19.1. The number of hydrogen-bond acceptors (Lipinski definition) is 4. The first kappa shape index (κ1) is 17.3. The van der Waals surface area contributed by atoms with Gasteiger partial charge in [0.1, 0.15) is 11.5 Å². The highest BCUT2D eigenvalue weighted by Crippen LogP contribution is 2.24. The predicted octanol–water partition coefficient (Wildman–Crippen LogP) is 3.67. The SMILES string of the molecule is O=S(=O)(CCCCCCc1cc(O)ccc1O)c1ccccc1. The lowest BCUT2D eigenvalue weighted by Gasteiger charge is -2.06. The number of phenolic OH excluding ortho intramolecular Hbond substituents is 2. The summed E-state index contributed by atoms with van der Waals surface area (Å²) in [5.41, 5.74) is 0.724. The Hall–Kier alpha value is -2.01. The molecule has 0 saturated heterocycles. The third-order valence-corrected chi connectivity index (χ3v) is 5.59. The van der Waals surface area contributed by atoms with E-state index in [1.54, 1.807) is 36.4 Å². The van der Waals surface area contributed by atoms with Gasteiger partial charge in [-0.3, -0.25) is 0 Å². The van der Waals surface area contributed by atoms with E-state index in [2.05, 4.69) is 0 Å².